The molecule has 0 aliphatic heterocycles. The second-order valence-corrected chi connectivity index (χ2v) is 5.88. The molecule has 0 saturated carbocycles. The Balaban J connectivity index is 1.69. The van der Waals surface area contributed by atoms with Gasteiger partial charge in [-0.15, -0.1) is 0 Å². The summed E-state index contributed by atoms with van der Waals surface area (Å²) in [5.41, 5.74) is 0.912. The largest absolute Gasteiger partial charge is 0.423 e. The number of nitrogens with zero attached hydrogens (tertiary/aromatic N) is 2. The molecule has 0 bridgehead atoms. The lowest BCUT2D eigenvalue weighted by molar-refractivity contribution is -0.134. The second kappa shape index (κ2) is 10.5. The summed E-state index contributed by atoms with van der Waals surface area (Å²) in [7, 11) is 0. The van der Waals surface area contributed by atoms with Crippen LogP contribution < -0.4 is 4.74 Å². The zero-order chi connectivity index (χ0) is 17.0. The molecule has 0 atom stereocenters. The second-order valence-electron chi connectivity index (χ2n) is 5.88. The molecule has 0 saturated heterocycles. The first-order valence-corrected chi connectivity index (χ1v) is 8.79. The summed E-state index contributed by atoms with van der Waals surface area (Å²) in [5.74, 6) is 0.791. The molecule has 2 aromatic rings. The van der Waals surface area contributed by atoms with Crippen molar-refractivity contribution in [3.05, 3.63) is 42.7 Å². The van der Waals surface area contributed by atoms with Crippen molar-refractivity contribution in [2.45, 2.75) is 58.3 Å². The van der Waals surface area contributed by atoms with E-state index in [0.717, 1.165) is 18.4 Å². The molecule has 4 heteroatoms. The van der Waals surface area contributed by atoms with Crippen LogP contribution >= 0.6 is 0 Å². The van der Waals surface area contributed by atoms with Crippen LogP contribution in [0.4, 0.5) is 0 Å². The third-order valence-corrected chi connectivity index (χ3v) is 3.82. The number of hydrogen-bond donors (Lipinski definition) is 0. The average Bonchev–Trinajstić information content (AvgIpc) is 2.62. The average molecular weight is 325 g/mol. The van der Waals surface area contributed by atoms with E-state index in [4.69, 9.17) is 4.74 Å². The Kier molecular flexibility index (Phi) is 7.94. The molecule has 2 rings (SSSR count). The lowest BCUT2D eigenvalue weighted by atomic mass is 10.1. The van der Waals surface area contributed by atoms with Crippen molar-refractivity contribution in [2.24, 2.45) is 0 Å². The molecule has 0 spiro atoms. The summed E-state index contributed by atoms with van der Waals surface area (Å²) in [6.45, 7) is 2.21. The van der Waals surface area contributed by atoms with Crippen LogP contribution in [0.25, 0.3) is 11.4 Å². The minimum absolute atomic E-state index is 0.214. The summed E-state index contributed by atoms with van der Waals surface area (Å²) in [5, 5.41) is 0. The van der Waals surface area contributed by atoms with Gasteiger partial charge in [0.15, 0.2) is 11.6 Å². The van der Waals surface area contributed by atoms with Gasteiger partial charge in [0, 0.05) is 12.0 Å². The number of aromatic nitrogens is 2. The normalized spacial score (nSPS) is 10.5. The Morgan fingerprint density at radius 1 is 1.00 bits per heavy atom. The molecular weight excluding hydrogens is 300 g/mol. The summed E-state index contributed by atoms with van der Waals surface area (Å²) >= 11 is 0. The molecule has 0 aliphatic carbocycles. The molecule has 127 valence electrons. The van der Waals surface area contributed by atoms with Gasteiger partial charge in [0.2, 0.25) is 0 Å². The van der Waals surface area contributed by atoms with Gasteiger partial charge in [-0.05, 0) is 12.5 Å². The number of rotatable bonds is 10. The van der Waals surface area contributed by atoms with E-state index in [1.54, 1.807) is 12.4 Å². The van der Waals surface area contributed by atoms with Gasteiger partial charge in [-0.3, -0.25) is 4.79 Å². The Hall–Kier alpha value is -2.23. The molecular formula is C20H25N2O2. The number of ether oxygens (including phenoxy) is 1. The Morgan fingerprint density at radius 2 is 1.62 bits per heavy atom. The summed E-state index contributed by atoms with van der Waals surface area (Å²) in [6.07, 6.45) is 11.8. The third-order valence-electron chi connectivity index (χ3n) is 3.82. The fourth-order valence-corrected chi connectivity index (χ4v) is 2.46. The molecule has 0 unspecified atom stereocenters. The van der Waals surface area contributed by atoms with Crippen molar-refractivity contribution >= 4 is 5.97 Å². The van der Waals surface area contributed by atoms with E-state index in [9.17, 15) is 4.79 Å². The zero-order valence-corrected chi connectivity index (χ0v) is 14.3. The van der Waals surface area contributed by atoms with Crippen LogP contribution in [0.5, 0.6) is 5.75 Å². The van der Waals surface area contributed by atoms with E-state index in [1.165, 1.54) is 32.1 Å². The SMILES string of the molecule is CCCCCCCCCC(=O)Oc1cnc(-c2cc[c]cc2)nc1. The molecule has 0 aliphatic rings. The third kappa shape index (κ3) is 6.49. The summed E-state index contributed by atoms with van der Waals surface area (Å²) in [6, 6.07) is 10.4. The predicted molar refractivity (Wildman–Crippen MR) is 94.5 cm³/mol. The Labute approximate surface area is 144 Å². The molecule has 4 nitrogen and oxygen atoms in total. The van der Waals surface area contributed by atoms with E-state index < -0.39 is 0 Å². The van der Waals surface area contributed by atoms with Gasteiger partial charge in [0.25, 0.3) is 0 Å². The molecule has 1 aromatic carbocycles. The quantitative estimate of drug-likeness (QED) is 0.456. The Morgan fingerprint density at radius 3 is 2.29 bits per heavy atom. The number of carbonyl (C=O) groups excluding carboxylic acids is 1. The predicted octanol–water partition coefficient (Wildman–Crippen LogP) is 4.99. The zero-order valence-electron chi connectivity index (χ0n) is 14.3. The number of esters is 1. The standard InChI is InChI=1S/C20H25N2O2/c1-2-3-4-5-6-7-11-14-19(23)24-18-15-21-20(22-16-18)17-12-9-8-10-13-17/h9-10,12-13,15-16H,2-7,11,14H2,1H3. The summed E-state index contributed by atoms with van der Waals surface area (Å²) in [4.78, 5) is 20.3. The Bertz CT molecular complexity index is 597. The van der Waals surface area contributed by atoms with Crippen molar-refractivity contribution < 1.29 is 9.53 Å². The van der Waals surface area contributed by atoms with Crippen LogP contribution in [0, 0.1) is 6.07 Å². The van der Waals surface area contributed by atoms with E-state index in [2.05, 4.69) is 23.0 Å². The van der Waals surface area contributed by atoms with E-state index in [1.807, 2.05) is 24.3 Å². The first kappa shape index (κ1) is 18.1. The minimum Gasteiger partial charge on any atom is -0.423 e. The molecule has 0 N–H and O–H groups in total. The van der Waals surface area contributed by atoms with E-state index >= 15 is 0 Å². The topological polar surface area (TPSA) is 52.1 Å². The maximum Gasteiger partial charge on any atom is 0.311 e. The van der Waals surface area contributed by atoms with E-state index in [-0.39, 0.29) is 5.97 Å². The number of unbranched alkanes of at least 4 members (excludes halogenated alkanes) is 6. The maximum atomic E-state index is 11.8. The van der Waals surface area contributed by atoms with Crippen LogP contribution in [0.2, 0.25) is 0 Å². The van der Waals surface area contributed by atoms with Crippen molar-refractivity contribution in [1.82, 2.24) is 9.97 Å². The highest BCUT2D eigenvalue weighted by Crippen LogP contribution is 2.16. The van der Waals surface area contributed by atoms with Gasteiger partial charge in [-0.25, -0.2) is 9.97 Å². The van der Waals surface area contributed by atoms with Gasteiger partial charge in [0.05, 0.1) is 12.4 Å². The van der Waals surface area contributed by atoms with Crippen LogP contribution in [0.1, 0.15) is 58.3 Å². The molecule has 0 fully saturated rings. The number of carbonyl (C=O) groups is 1. The van der Waals surface area contributed by atoms with Crippen molar-refractivity contribution in [3.63, 3.8) is 0 Å². The molecule has 24 heavy (non-hydrogen) atoms. The fraction of sp³-hybridized carbons (Fsp3) is 0.450. The number of benzene rings is 1. The summed E-state index contributed by atoms with van der Waals surface area (Å²) < 4.78 is 5.28. The fourth-order valence-electron chi connectivity index (χ4n) is 2.46. The van der Waals surface area contributed by atoms with Gasteiger partial charge in [-0.2, -0.15) is 0 Å². The number of hydrogen-bond acceptors (Lipinski definition) is 4. The molecule has 1 radical (unpaired) electrons. The molecule has 1 aromatic heterocycles. The van der Waals surface area contributed by atoms with E-state index in [0.29, 0.717) is 18.0 Å². The van der Waals surface area contributed by atoms with Gasteiger partial charge in [-0.1, -0.05) is 69.7 Å². The lowest BCUT2D eigenvalue weighted by Crippen LogP contribution is -2.08. The maximum absolute atomic E-state index is 11.8. The lowest BCUT2D eigenvalue weighted by Gasteiger charge is -2.05. The highest BCUT2D eigenvalue weighted by molar-refractivity contribution is 5.72. The minimum atomic E-state index is -0.214. The first-order valence-electron chi connectivity index (χ1n) is 8.79. The van der Waals surface area contributed by atoms with Crippen LogP contribution in [0.3, 0.4) is 0 Å². The van der Waals surface area contributed by atoms with Gasteiger partial charge < -0.3 is 4.74 Å². The highest BCUT2D eigenvalue weighted by atomic mass is 16.5. The van der Waals surface area contributed by atoms with Crippen LogP contribution in [-0.2, 0) is 4.79 Å². The monoisotopic (exact) mass is 325 g/mol. The van der Waals surface area contributed by atoms with Crippen LogP contribution in [-0.4, -0.2) is 15.9 Å². The van der Waals surface area contributed by atoms with Crippen molar-refractivity contribution in [3.8, 4) is 17.1 Å². The highest BCUT2D eigenvalue weighted by Gasteiger charge is 2.07. The van der Waals surface area contributed by atoms with Crippen molar-refractivity contribution in [1.29, 1.82) is 0 Å². The molecule has 0 amide bonds. The molecule has 1 heterocycles. The smallest absolute Gasteiger partial charge is 0.311 e. The van der Waals surface area contributed by atoms with Crippen LogP contribution in [0.15, 0.2) is 36.7 Å². The van der Waals surface area contributed by atoms with Crippen molar-refractivity contribution in [2.75, 3.05) is 0 Å². The van der Waals surface area contributed by atoms with Gasteiger partial charge in [0.1, 0.15) is 0 Å². The van der Waals surface area contributed by atoms with Gasteiger partial charge >= 0.3 is 5.97 Å². The first-order chi connectivity index (χ1) is 11.8.